The summed E-state index contributed by atoms with van der Waals surface area (Å²) in [5.74, 6) is -4.41. The minimum Gasteiger partial charge on any atom is -0.497 e. The summed E-state index contributed by atoms with van der Waals surface area (Å²) >= 11 is 0. The number of benzene rings is 1. The van der Waals surface area contributed by atoms with Gasteiger partial charge in [0, 0.05) is 30.8 Å². The largest absolute Gasteiger partial charge is 0.497 e. The molecule has 10 nitrogen and oxygen atoms in total. The normalized spacial score (nSPS) is 36.7. The van der Waals surface area contributed by atoms with E-state index in [4.69, 9.17) is 28.4 Å². The van der Waals surface area contributed by atoms with Crippen molar-refractivity contribution >= 4 is 11.9 Å². The minimum atomic E-state index is -1.87. The Morgan fingerprint density at radius 2 is 1.77 bits per heavy atom. The van der Waals surface area contributed by atoms with E-state index in [-0.39, 0.29) is 30.8 Å². The minimum absolute atomic E-state index is 0.00781. The number of fused-ring (bicyclic) bond motifs is 2. The second-order valence-corrected chi connectivity index (χ2v) is 13.6. The lowest BCUT2D eigenvalue weighted by molar-refractivity contribution is -0.452. The molecule has 3 bridgehead atoms. The highest BCUT2D eigenvalue weighted by molar-refractivity contribution is 5.73. The van der Waals surface area contributed by atoms with Gasteiger partial charge in [0.1, 0.15) is 18.0 Å². The van der Waals surface area contributed by atoms with Crippen molar-refractivity contribution in [3.63, 3.8) is 0 Å². The predicted octanol–water partition coefficient (Wildman–Crippen LogP) is 4.69. The SMILES string of the molecule is COc1cccc([C@H](CC[C@H](C)[C@H]2O[C@@]34C[C@H](OC(=O)C[C@H]([C@@H](C)O)OC(=O)C[C@](O)(O3)[C@H](C)CC4(C)C)[C@@H]2C)OC)c1. The molecule has 242 valence electrons. The summed E-state index contributed by atoms with van der Waals surface area (Å²) < 4.78 is 36.2. The fourth-order valence-corrected chi connectivity index (χ4v) is 7.09. The number of hydrogen-bond acceptors (Lipinski definition) is 10. The van der Waals surface area contributed by atoms with Crippen LogP contribution in [0.1, 0.15) is 91.7 Å². The fourth-order valence-electron chi connectivity index (χ4n) is 7.09. The molecule has 10 heteroatoms. The summed E-state index contributed by atoms with van der Waals surface area (Å²) in [5.41, 5.74) is 0.424. The van der Waals surface area contributed by atoms with E-state index < -0.39 is 65.7 Å². The van der Waals surface area contributed by atoms with Gasteiger partial charge in [-0.2, -0.15) is 0 Å². The molecule has 3 aliphatic rings. The highest BCUT2D eigenvalue weighted by atomic mass is 16.8. The molecule has 0 amide bonds. The predicted molar refractivity (Wildman–Crippen MR) is 157 cm³/mol. The maximum Gasteiger partial charge on any atom is 0.311 e. The monoisotopic (exact) mass is 606 g/mol. The molecular weight excluding hydrogens is 556 g/mol. The molecule has 0 aromatic heterocycles. The Hall–Kier alpha value is -2.24. The van der Waals surface area contributed by atoms with Gasteiger partial charge in [0.2, 0.25) is 0 Å². The molecule has 3 saturated heterocycles. The van der Waals surface area contributed by atoms with Crippen molar-refractivity contribution in [3.8, 4) is 5.75 Å². The highest BCUT2D eigenvalue weighted by Gasteiger charge is 2.64. The third kappa shape index (κ3) is 7.04. The molecule has 1 spiro atoms. The van der Waals surface area contributed by atoms with Crippen LogP contribution in [0.2, 0.25) is 0 Å². The number of hydrogen-bond donors (Lipinski definition) is 2. The van der Waals surface area contributed by atoms with E-state index in [1.807, 2.05) is 52.0 Å². The molecule has 1 aromatic rings. The van der Waals surface area contributed by atoms with Crippen LogP contribution in [0.4, 0.5) is 0 Å². The zero-order valence-electron chi connectivity index (χ0n) is 26.8. The number of carbonyl (C=O) groups excluding carboxylic acids is 2. The third-order valence-corrected chi connectivity index (χ3v) is 9.92. The van der Waals surface area contributed by atoms with E-state index in [0.29, 0.717) is 12.8 Å². The molecule has 43 heavy (non-hydrogen) atoms. The van der Waals surface area contributed by atoms with Gasteiger partial charge in [0.15, 0.2) is 11.6 Å². The zero-order valence-corrected chi connectivity index (χ0v) is 26.8. The molecule has 10 atom stereocenters. The van der Waals surface area contributed by atoms with Gasteiger partial charge in [-0.3, -0.25) is 9.59 Å². The number of rotatable bonds is 8. The molecule has 0 saturated carbocycles. The fraction of sp³-hybridized carbons (Fsp3) is 0.758. The van der Waals surface area contributed by atoms with Gasteiger partial charge in [-0.05, 0) is 49.8 Å². The lowest BCUT2D eigenvalue weighted by atomic mass is 9.66. The average Bonchev–Trinajstić information content (AvgIpc) is 2.93. The zero-order chi connectivity index (χ0) is 31.7. The van der Waals surface area contributed by atoms with E-state index in [2.05, 4.69) is 6.92 Å². The van der Waals surface area contributed by atoms with Crippen molar-refractivity contribution in [1.82, 2.24) is 0 Å². The molecule has 3 aliphatic heterocycles. The van der Waals surface area contributed by atoms with Gasteiger partial charge in [-0.25, -0.2) is 0 Å². The second-order valence-electron chi connectivity index (χ2n) is 13.6. The first-order chi connectivity index (χ1) is 20.1. The molecule has 4 rings (SSSR count). The molecule has 0 radical (unpaired) electrons. The van der Waals surface area contributed by atoms with Gasteiger partial charge >= 0.3 is 11.9 Å². The van der Waals surface area contributed by atoms with Gasteiger partial charge in [-0.1, -0.05) is 46.8 Å². The number of aliphatic hydroxyl groups excluding tert-OH is 1. The van der Waals surface area contributed by atoms with Gasteiger partial charge in [0.05, 0.1) is 38.3 Å². The first-order valence-corrected chi connectivity index (χ1v) is 15.5. The summed E-state index contributed by atoms with van der Waals surface area (Å²) in [6, 6.07) is 7.82. The van der Waals surface area contributed by atoms with Crippen molar-refractivity contribution < 1.29 is 48.2 Å². The number of esters is 2. The van der Waals surface area contributed by atoms with Gasteiger partial charge in [0.25, 0.3) is 0 Å². The highest BCUT2D eigenvalue weighted by Crippen LogP contribution is 2.57. The summed E-state index contributed by atoms with van der Waals surface area (Å²) in [6.45, 7) is 11.4. The second kappa shape index (κ2) is 13.0. The van der Waals surface area contributed by atoms with Crippen molar-refractivity contribution in [1.29, 1.82) is 0 Å². The van der Waals surface area contributed by atoms with E-state index in [1.165, 1.54) is 6.92 Å². The summed E-state index contributed by atoms with van der Waals surface area (Å²) in [7, 11) is 3.33. The Morgan fingerprint density at radius 3 is 2.42 bits per heavy atom. The Kier molecular flexibility index (Phi) is 10.2. The Labute approximate surface area is 255 Å². The molecule has 3 fully saturated rings. The first-order valence-electron chi connectivity index (χ1n) is 15.5. The van der Waals surface area contributed by atoms with Crippen molar-refractivity contribution in [2.24, 2.45) is 23.2 Å². The van der Waals surface area contributed by atoms with Crippen LogP contribution in [0.25, 0.3) is 0 Å². The number of cyclic esters (lactones) is 1. The number of ether oxygens (including phenoxy) is 6. The van der Waals surface area contributed by atoms with E-state index in [9.17, 15) is 19.8 Å². The lowest BCUT2D eigenvalue weighted by Crippen LogP contribution is -2.68. The van der Waals surface area contributed by atoms with Crippen LogP contribution in [0, 0.1) is 23.2 Å². The molecule has 1 aromatic carbocycles. The van der Waals surface area contributed by atoms with Crippen LogP contribution in [0.5, 0.6) is 5.75 Å². The average molecular weight is 607 g/mol. The molecule has 3 heterocycles. The molecule has 0 aliphatic carbocycles. The van der Waals surface area contributed by atoms with Gasteiger partial charge in [-0.15, -0.1) is 0 Å². The summed E-state index contributed by atoms with van der Waals surface area (Å²) in [5, 5.41) is 22.0. The Morgan fingerprint density at radius 1 is 1.05 bits per heavy atom. The van der Waals surface area contributed by atoms with E-state index in [1.54, 1.807) is 14.2 Å². The third-order valence-electron chi connectivity index (χ3n) is 9.92. The maximum atomic E-state index is 13.2. The van der Waals surface area contributed by atoms with Crippen LogP contribution in [-0.2, 0) is 33.3 Å². The van der Waals surface area contributed by atoms with Crippen LogP contribution in [-0.4, -0.2) is 72.4 Å². The Bertz CT molecular complexity index is 1140. The van der Waals surface area contributed by atoms with E-state index >= 15 is 0 Å². The van der Waals surface area contributed by atoms with Crippen molar-refractivity contribution in [3.05, 3.63) is 29.8 Å². The molecule has 0 unspecified atom stereocenters. The number of aliphatic hydroxyl groups is 2. The topological polar surface area (TPSA) is 130 Å². The quantitative estimate of drug-likeness (QED) is 0.402. The van der Waals surface area contributed by atoms with Crippen LogP contribution >= 0.6 is 0 Å². The summed E-state index contributed by atoms with van der Waals surface area (Å²) in [4.78, 5) is 26.1. The number of carbonyl (C=O) groups is 2. The maximum absolute atomic E-state index is 13.2. The van der Waals surface area contributed by atoms with Crippen LogP contribution in [0.3, 0.4) is 0 Å². The van der Waals surface area contributed by atoms with Crippen molar-refractivity contribution in [2.45, 2.75) is 122 Å². The Balaban J connectivity index is 1.65. The van der Waals surface area contributed by atoms with E-state index in [0.717, 1.165) is 17.7 Å². The summed E-state index contributed by atoms with van der Waals surface area (Å²) in [6.07, 6.45) is -1.96. The lowest BCUT2D eigenvalue weighted by Gasteiger charge is -2.61. The molecule has 2 N–H and O–H groups in total. The number of methoxy groups -OCH3 is 2. The smallest absolute Gasteiger partial charge is 0.311 e. The standard InChI is InChI=1S/C33H50O10/c1-19(12-13-25(39-8)23-10-9-11-24(14-23)38-7)30-21(3)27-17-33(42-30)31(5,6)16-20(2)32(37,43-33)18-29(36)40-26(22(4)34)15-28(35)41-27/h9-11,14,19-22,25-27,30,34,37H,12-13,15-18H2,1-8H3/t19-,20+,21-,22+,25-,26+,27-,30+,32-,33-/m0/s1. The first kappa shape index (κ1) is 33.6. The molecular formula is C33H50O10. The van der Waals surface area contributed by atoms with Crippen LogP contribution < -0.4 is 4.74 Å². The van der Waals surface area contributed by atoms with Crippen molar-refractivity contribution in [2.75, 3.05) is 14.2 Å². The van der Waals surface area contributed by atoms with Gasteiger partial charge < -0.3 is 38.6 Å². The van der Waals surface area contributed by atoms with Crippen LogP contribution in [0.15, 0.2) is 24.3 Å².